The van der Waals surface area contributed by atoms with Crippen LogP contribution in [-0.2, 0) is 14.8 Å². The predicted molar refractivity (Wildman–Crippen MR) is 69.5 cm³/mol. The first-order chi connectivity index (χ1) is 9.02. The molecule has 0 atom stereocenters. The highest BCUT2D eigenvalue weighted by molar-refractivity contribution is 7.89. The van der Waals surface area contributed by atoms with Crippen LogP contribution in [0.25, 0.3) is 0 Å². The molecule has 0 aliphatic carbocycles. The summed E-state index contributed by atoms with van der Waals surface area (Å²) in [7, 11) is -2.19. The van der Waals surface area contributed by atoms with Crippen LogP contribution >= 0.6 is 0 Å². The highest BCUT2D eigenvalue weighted by Crippen LogP contribution is 2.15. The average Bonchev–Trinajstić information content (AvgIpc) is 2.39. The summed E-state index contributed by atoms with van der Waals surface area (Å²) in [6.45, 7) is 0.560. The van der Waals surface area contributed by atoms with Crippen molar-refractivity contribution in [3.63, 3.8) is 0 Å². The Kier molecular flexibility index (Phi) is 5.69. The van der Waals surface area contributed by atoms with Crippen LogP contribution in [0.1, 0.15) is 6.42 Å². The lowest BCUT2D eigenvalue weighted by Crippen LogP contribution is -2.34. The van der Waals surface area contributed by atoms with Crippen molar-refractivity contribution in [3.8, 4) is 6.07 Å². The molecule has 0 amide bonds. The molecule has 0 spiro atoms. The average molecular weight is 284 g/mol. The van der Waals surface area contributed by atoms with Crippen LogP contribution in [0.5, 0.6) is 0 Å². The SMILES string of the molecule is COCCN(CCC#N)S(=O)(=O)c1ccc(N)nc1. The van der Waals surface area contributed by atoms with E-state index < -0.39 is 10.0 Å². The minimum Gasteiger partial charge on any atom is -0.384 e. The Bertz CT molecular complexity index is 536. The van der Waals surface area contributed by atoms with Gasteiger partial charge in [-0.25, -0.2) is 13.4 Å². The van der Waals surface area contributed by atoms with Crippen molar-refractivity contribution >= 4 is 15.8 Å². The molecule has 1 rings (SSSR count). The number of hydrogen-bond acceptors (Lipinski definition) is 6. The van der Waals surface area contributed by atoms with Crippen LogP contribution in [-0.4, -0.2) is 44.5 Å². The summed E-state index contributed by atoms with van der Waals surface area (Å²) in [5.41, 5.74) is 5.42. The number of hydrogen-bond donors (Lipinski definition) is 1. The van der Waals surface area contributed by atoms with Crippen molar-refractivity contribution in [2.45, 2.75) is 11.3 Å². The fourth-order valence-electron chi connectivity index (χ4n) is 1.41. The van der Waals surface area contributed by atoms with Crippen LogP contribution in [0.15, 0.2) is 23.2 Å². The third kappa shape index (κ3) is 4.17. The van der Waals surface area contributed by atoms with E-state index in [9.17, 15) is 8.42 Å². The third-order valence-corrected chi connectivity index (χ3v) is 4.30. The second kappa shape index (κ2) is 7.04. The number of aromatic nitrogens is 1. The molecule has 8 heteroatoms. The largest absolute Gasteiger partial charge is 0.384 e. The van der Waals surface area contributed by atoms with E-state index in [1.807, 2.05) is 6.07 Å². The zero-order chi connectivity index (χ0) is 14.3. The zero-order valence-electron chi connectivity index (χ0n) is 10.6. The molecule has 0 aromatic carbocycles. The number of pyridine rings is 1. The highest BCUT2D eigenvalue weighted by atomic mass is 32.2. The summed E-state index contributed by atoms with van der Waals surface area (Å²) in [4.78, 5) is 3.82. The fourth-order valence-corrected chi connectivity index (χ4v) is 2.78. The van der Waals surface area contributed by atoms with E-state index in [2.05, 4.69) is 4.98 Å². The predicted octanol–water partition coefficient (Wildman–Crippen LogP) is 0.215. The number of nitriles is 1. The zero-order valence-corrected chi connectivity index (χ0v) is 11.4. The van der Waals surface area contributed by atoms with Gasteiger partial charge in [-0.15, -0.1) is 0 Å². The molecule has 0 unspecified atom stereocenters. The van der Waals surface area contributed by atoms with Crippen LogP contribution < -0.4 is 5.73 Å². The highest BCUT2D eigenvalue weighted by Gasteiger charge is 2.24. The molecule has 2 N–H and O–H groups in total. The van der Waals surface area contributed by atoms with Gasteiger partial charge in [-0.05, 0) is 12.1 Å². The summed E-state index contributed by atoms with van der Waals surface area (Å²) >= 11 is 0. The lowest BCUT2D eigenvalue weighted by atomic mass is 10.4. The van der Waals surface area contributed by atoms with Gasteiger partial charge in [0.05, 0.1) is 12.7 Å². The molecule has 0 bridgehead atoms. The van der Waals surface area contributed by atoms with Crippen molar-refractivity contribution in [1.82, 2.24) is 9.29 Å². The second-order valence-electron chi connectivity index (χ2n) is 3.72. The van der Waals surface area contributed by atoms with Crippen LogP contribution in [0.3, 0.4) is 0 Å². The van der Waals surface area contributed by atoms with Gasteiger partial charge < -0.3 is 10.5 Å². The van der Waals surface area contributed by atoms with Crippen molar-refractivity contribution < 1.29 is 13.2 Å². The first kappa shape index (κ1) is 15.4. The summed E-state index contributed by atoms with van der Waals surface area (Å²) in [5, 5.41) is 8.58. The maximum atomic E-state index is 12.3. The van der Waals surface area contributed by atoms with Crippen LogP contribution in [0.2, 0.25) is 0 Å². The number of nitrogen functional groups attached to an aromatic ring is 1. The van der Waals surface area contributed by atoms with E-state index in [-0.39, 0.29) is 36.8 Å². The Morgan fingerprint density at radius 2 is 2.21 bits per heavy atom. The molecule has 0 fully saturated rings. The summed E-state index contributed by atoms with van der Waals surface area (Å²) in [6.07, 6.45) is 1.32. The number of ether oxygens (including phenoxy) is 1. The monoisotopic (exact) mass is 284 g/mol. The molecule has 1 heterocycles. The maximum Gasteiger partial charge on any atom is 0.244 e. The molecule has 19 heavy (non-hydrogen) atoms. The smallest absolute Gasteiger partial charge is 0.244 e. The number of nitrogens with zero attached hydrogens (tertiary/aromatic N) is 3. The van der Waals surface area contributed by atoms with E-state index in [1.54, 1.807) is 0 Å². The normalized spacial score (nSPS) is 11.4. The lowest BCUT2D eigenvalue weighted by Gasteiger charge is -2.20. The minimum absolute atomic E-state index is 0.0516. The van der Waals surface area contributed by atoms with Gasteiger partial charge in [-0.3, -0.25) is 0 Å². The number of rotatable bonds is 7. The molecule has 0 aliphatic heterocycles. The topological polar surface area (TPSA) is 109 Å². The van der Waals surface area contributed by atoms with Gasteiger partial charge in [0.2, 0.25) is 10.0 Å². The van der Waals surface area contributed by atoms with E-state index in [0.29, 0.717) is 0 Å². The number of methoxy groups -OCH3 is 1. The Balaban J connectivity index is 2.97. The number of sulfonamides is 1. The van der Waals surface area contributed by atoms with Gasteiger partial charge in [0, 0.05) is 32.8 Å². The molecule has 1 aromatic rings. The molecule has 104 valence electrons. The maximum absolute atomic E-state index is 12.3. The summed E-state index contributed by atoms with van der Waals surface area (Å²) in [5.74, 6) is 0.249. The molecule has 0 saturated carbocycles. The molecule has 0 saturated heterocycles. The first-order valence-corrected chi connectivity index (χ1v) is 7.04. The Labute approximate surface area is 112 Å². The van der Waals surface area contributed by atoms with Gasteiger partial charge in [0.25, 0.3) is 0 Å². The molecule has 0 radical (unpaired) electrons. The number of anilines is 1. The van der Waals surface area contributed by atoms with Crippen LogP contribution in [0, 0.1) is 11.3 Å². The van der Waals surface area contributed by atoms with Crippen molar-refractivity contribution in [2.24, 2.45) is 0 Å². The quantitative estimate of drug-likeness (QED) is 0.766. The summed E-state index contributed by atoms with van der Waals surface area (Å²) in [6, 6.07) is 4.74. The van der Waals surface area contributed by atoms with Gasteiger partial charge >= 0.3 is 0 Å². The first-order valence-electron chi connectivity index (χ1n) is 5.60. The van der Waals surface area contributed by atoms with E-state index >= 15 is 0 Å². The van der Waals surface area contributed by atoms with Crippen molar-refractivity contribution in [1.29, 1.82) is 5.26 Å². The minimum atomic E-state index is -3.68. The van der Waals surface area contributed by atoms with E-state index in [0.717, 1.165) is 0 Å². The second-order valence-corrected chi connectivity index (χ2v) is 5.66. The fraction of sp³-hybridized carbons (Fsp3) is 0.455. The number of nitrogens with two attached hydrogens (primary N) is 1. The Morgan fingerprint density at radius 3 is 2.74 bits per heavy atom. The van der Waals surface area contributed by atoms with Gasteiger partial charge in [0.15, 0.2) is 0 Å². The molecular formula is C11H16N4O3S. The summed E-state index contributed by atoms with van der Waals surface area (Å²) < 4.78 is 30.8. The lowest BCUT2D eigenvalue weighted by molar-refractivity contribution is 0.179. The van der Waals surface area contributed by atoms with E-state index in [4.69, 9.17) is 15.7 Å². The Hall–Kier alpha value is -1.69. The van der Waals surface area contributed by atoms with Gasteiger partial charge in [0.1, 0.15) is 10.7 Å². The standard InChI is InChI=1S/C11H16N4O3S/c1-18-8-7-15(6-2-5-12)19(16,17)10-3-4-11(13)14-9-10/h3-4,9H,2,6-8H2,1H3,(H2,13,14). The third-order valence-electron chi connectivity index (χ3n) is 2.41. The van der Waals surface area contributed by atoms with Crippen molar-refractivity contribution in [2.75, 3.05) is 32.5 Å². The van der Waals surface area contributed by atoms with Crippen molar-refractivity contribution in [3.05, 3.63) is 18.3 Å². The Morgan fingerprint density at radius 1 is 1.47 bits per heavy atom. The molecular weight excluding hydrogens is 268 g/mol. The molecule has 1 aromatic heterocycles. The van der Waals surface area contributed by atoms with Crippen LogP contribution in [0.4, 0.5) is 5.82 Å². The molecule has 7 nitrogen and oxygen atoms in total. The van der Waals surface area contributed by atoms with Gasteiger partial charge in [-0.2, -0.15) is 9.57 Å². The van der Waals surface area contributed by atoms with Gasteiger partial charge in [-0.1, -0.05) is 0 Å². The molecule has 0 aliphatic rings. The van der Waals surface area contributed by atoms with E-state index in [1.165, 1.54) is 29.7 Å².